The third-order valence-electron chi connectivity index (χ3n) is 5.04. The molecule has 2 rings (SSSR count). The standard InChI is InChI=1S/2C12H27N3P2SSe/c2*1-10(2,3)13-17(19)14(11(4,5)6)16(18)15(17)12(7,8)9/h2*1-9H3/p+2. The van der Waals surface area contributed by atoms with Crippen molar-refractivity contribution in [3.05, 3.63) is 0 Å². The van der Waals surface area contributed by atoms with Crippen LogP contribution in [0.15, 0.2) is 0 Å². The van der Waals surface area contributed by atoms with Crippen molar-refractivity contribution in [1.29, 1.82) is 0 Å². The van der Waals surface area contributed by atoms with Gasteiger partial charge in [-0.25, -0.2) is 0 Å². The van der Waals surface area contributed by atoms with Crippen LogP contribution in [0.2, 0.25) is 0 Å². The first-order valence-electron chi connectivity index (χ1n) is 13.2. The Morgan fingerprint density at radius 1 is 0.447 bits per heavy atom. The quantitative estimate of drug-likeness (QED) is 0.235. The monoisotopic (exact) mass is 776 g/mol. The third-order valence-corrected chi connectivity index (χ3v) is 32.2. The van der Waals surface area contributed by atoms with E-state index in [4.69, 9.17) is 23.6 Å². The van der Waals surface area contributed by atoms with Crippen LogP contribution in [0.25, 0.3) is 0 Å². The summed E-state index contributed by atoms with van der Waals surface area (Å²) in [6.07, 6.45) is 0. The second-order valence-electron chi connectivity index (χ2n) is 16.2. The molecule has 0 atom stereocenters. The van der Waals surface area contributed by atoms with Gasteiger partial charge in [-0.05, 0) is 0 Å². The van der Waals surface area contributed by atoms with Gasteiger partial charge in [-0.2, -0.15) is 0 Å². The summed E-state index contributed by atoms with van der Waals surface area (Å²) in [5, 5.41) is 0. The molecule has 0 aromatic heterocycles. The van der Waals surface area contributed by atoms with Crippen molar-refractivity contribution in [3.8, 4) is 0 Å². The van der Waals surface area contributed by atoms with Gasteiger partial charge in [-0.3, -0.25) is 0 Å². The van der Waals surface area contributed by atoms with Crippen molar-refractivity contribution < 1.29 is 9.49 Å². The van der Waals surface area contributed by atoms with Gasteiger partial charge in [0, 0.05) is 0 Å². The Labute approximate surface area is 264 Å². The van der Waals surface area contributed by atoms with E-state index in [1.165, 1.54) is 0 Å². The number of hydrogen-bond acceptors (Lipinski definition) is 2. The summed E-state index contributed by atoms with van der Waals surface area (Å²) >= 11 is 18.6. The Morgan fingerprint density at radius 2 is 0.605 bits per heavy atom. The maximum atomic E-state index is 5.83. The van der Waals surface area contributed by atoms with E-state index in [0.717, 1.165) is 0 Å². The molecule has 0 amide bonds. The predicted octanol–water partition coefficient (Wildman–Crippen LogP) is 5.94. The van der Waals surface area contributed by atoms with Crippen LogP contribution in [-0.4, -0.2) is 82.1 Å². The molecule has 0 saturated carbocycles. The molecule has 38 heavy (non-hydrogen) atoms. The molecule has 2 heterocycles. The molecule has 14 heteroatoms. The fraction of sp³-hybridized carbons (Fsp3) is 1.00. The Kier molecular flexibility index (Phi) is 11.8. The van der Waals surface area contributed by atoms with Gasteiger partial charge in [-0.15, -0.1) is 0 Å². The van der Waals surface area contributed by atoms with E-state index < -0.39 is 26.1 Å². The van der Waals surface area contributed by atoms with Crippen molar-refractivity contribution in [3.63, 3.8) is 0 Å². The fourth-order valence-corrected chi connectivity index (χ4v) is 42.5. The molecule has 2 aliphatic rings. The summed E-state index contributed by atoms with van der Waals surface area (Å²) in [5.41, 5.74) is 0.494. The van der Waals surface area contributed by atoms with Crippen LogP contribution in [-0.2, 0) is 23.6 Å². The molecule has 0 spiro atoms. The van der Waals surface area contributed by atoms with Crippen LogP contribution < -0.4 is 9.49 Å². The Morgan fingerprint density at radius 3 is 0.711 bits per heavy atom. The molecule has 224 valence electrons. The molecule has 2 fully saturated rings. The second kappa shape index (κ2) is 11.7. The van der Waals surface area contributed by atoms with E-state index in [9.17, 15) is 0 Å². The molecule has 2 aliphatic heterocycles. The summed E-state index contributed by atoms with van der Waals surface area (Å²) in [6, 6.07) is -3.34. The van der Waals surface area contributed by atoms with Crippen LogP contribution in [0.1, 0.15) is 125 Å². The van der Waals surface area contributed by atoms with Gasteiger partial charge in [0.15, 0.2) is 0 Å². The van der Waals surface area contributed by atoms with Crippen LogP contribution in [0.5, 0.6) is 0 Å². The van der Waals surface area contributed by atoms with E-state index in [1.54, 1.807) is 0 Å². The molecule has 0 aromatic carbocycles. The molecular formula is C24H56N6P4S2Se2+2. The third kappa shape index (κ3) is 8.73. The molecule has 0 bridgehead atoms. The summed E-state index contributed by atoms with van der Waals surface area (Å²) in [6.45, 7) is 39.1. The van der Waals surface area contributed by atoms with Gasteiger partial charge in [0.05, 0.1) is 0 Å². The zero-order valence-electron chi connectivity index (χ0n) is 27.2. The number of nitrogens with zero attached hydrogens (tertiary/aromatic N) is 4. The summed E-state index contributed by atoms with van der Waals surface area (Å²) in [7, 11) is 0. The zero-order chi connectivity index (χ0) is 30.9. The van der Waals surface area contributed by atoms with Gasteiger partial charge < -0.3 is 0 Å². The molecular weight excluding hydrogens is 718 g/mol. The van der Waals surface area contributed by atoms with Crippen LogP contribution in [0, 0.1) is 0 Å². The predicted molar refractivity (Wildman–Crippen MR) is 182 cm³/mol. The Hall–Kier alpha value is 2.38. The maximum absolute atomic E-state index is 5.83. The van der Waals surface area contributed by atoms with Crippen molar-refractivity contribution in [2.45, 2.75) is 158 Å². The molecule has 0 unspecified atom stereocenters. The van der Waals surface area contributed by atoms with E-state index in [0.29, 0.717) is 0 Å². The van der Waals surface area contributed by atoms with Gasteiger partial charge in [0.25, 0.3) is 0 Å². The van der Waals surface area contributed by atoms with Crippen molar-refractivity contribution in [1.82, 2.24) is 17.8 Å². The zero-order valence-corrected chi connectivity index (χ0v) is 35.8. The molecule has 2 saturated heterocycles. The summed E-state index contributed by atoms with van der Waals surface area (Å²) in [4.78, 5) is 0. The van der Waals surface area contributed by atoms with E-state index in [2.05, 4.69) is 183 Å². The Bertz CT molecular complexity index is 915. The fourth-order valence-electron chi connectivity index (χ4n) is 4.39. The van der Waals surface area contributed by atoms with Crippen molar-refractivity contribution in [2.24, 2.45) is 0 Å². The average molecular weight is 775 g/mol. The summed E-state index contributed by atoms with van der Waals surface area (Å²) in [5.74, 6) is 0. The van der Waals surface area contributed by atoms with Crippen LogP contribution in [0.4, 0.5) is 0 Å². The van der Waals surface area contributed by atoms with E-state index in [-0.39, 0.29) is 33.2 Å². The SMILES string of the molecule is CC(C)(C)[NH+]=P1([Se-])N(C(C)(C)C)[P+](=S)N1C(C)(C)C.CC(C)(C)[NH+]=P1([Se-])N(C(C)(C)C)[P+](=S)N1C(C)(C)C. The minimum absolute atomic E-state index is 0.0674. The van der Waals surface area contributed by atoms with E-state index in [1.807, 2.05) is 0 Å². The molecule has 0 radical (unpaired) electrons. The molecule has 6 nitrogen and oxygen atoms in total. The van der Waals surface area contributed by atoms with Crippen LogP contribution in [0.3, 0.4) is 0 Å². The van der Waals surface area contributed by atoms with Crippen LogP contribution >= 0.6 is 26.1 Å². The van der Waals surface area contributed by atoms with Crippen molar-refractivity contribution >= 4 is 80.8 Å². The van der Waals surface area contributed by atoms with Gasteiger partial charge in [0.1, 0.15) is 0 Å². The normalized spacial score (nSPS) is 29.3. The molecule has 0 aromatic rings. The summed E-state index contributed by atoms with van der Waals surface area (Å²) < 4.78 is 17.7. The first kappa shape index (κ1) is 38.4. The molecule has 0 aliphatic carbocycles. The second-order valence-corrected chi connectivity index (χ2v) is 32.6. The van der Waals surface area contributed by atoms with Gasteiger partial charge in [0.2, 0.25) is 0 Å². The first-order chi connectivity index (χ1) is 16.2. The van der Waals surface area contributed by atoms with Gasteiger partial charge >= 0.3 is 266 Å². The molecule has 2 N–H and O–H groups in total. The van der Waals surface area contributed by atoms with E-state index >= 15 is 0 Å². The Balaban J connectivity index is 0.000000380. The topological polar surface area (TPSA) is 40.9 Å². The van der Waals surface area contributed by atoms with Gasteiger partial charge in [-0.1, -0.05) is 0 Å². The minimum atomic E-state index is -1.67. The first-order valence-corrected chi connectivity index (χ1v) is 25.5. The number of rotatable bonds is 0. The average Bonchev–Trinajstić information content (AvgIpc) is 2.43. The number of nitrogens with one attached hydrogen (secondary N) is 2. The van der Waals surface area contributed by atoms with Crippen molar-refractivity contribution in [2.75, 3.05) is 0 Å². The number of hydrogen-bond donors (Lipinski definition) is 2.